The minimum Gasteiger partial charge on any atom is -0.411 e. The molecule has 2 aromatic carbocycles. The Morgan fingerprint density at radius 1 is 1.14 bits per heavy atom. The van der Waals surface area contributed by atoms with Crippen LogP contribution in [0.2, 0.25) is 5.02 Å². The van der Waals surface area contributed by atoms with Gasteiger partial charge in [-0.25, -0.2) is 8.78 Å². The highest BCUT2D eigenvalue weighted by Gasteiger charge is 2.45. The summed E-state index contributed by atoms with van der Waals surface area (Å²) in [5.41, 5.74) is 1.51. The van der Waals surface area contributed by atoms with Crippen LogP contribution in [-0.4, -0.2) is 10.9 Å². The molecule has 1 saturated carbocycles. The molecule has 1 aliphatic rings. The van der Waals surface area contributed by atoms with Crippen molar-refractivity contribution in [2.24, 2.45) is 11.1 Å². The highest BCUT2D eigenvalue weighted by molar-refractivity contribution is 6.31. The number of rotatable bonds is 3. The fraction of sp³-hybridized carbons (Fsp3) is 0.188. The molecule has 1 N–H and O–H groups in total. The molecule has 21 heavy (non-hydrogen) atoms. The highest BCUT2D eigenvalue weighted by Crippen LogP contribution is 2.52. The van der Waals surface area contributed by atoms with Crippen LogP contribution in [0.3, 0.4) is 0 Å². The summed E-state index contributed by atoms with van der Waals surface area (Å²) in [7, 11) is 0. The van der Waals surface area contributed by atoms with Crippen molar-refractivity contribution in [1.29, 1.82) is 0 Å². The summed E-state index contributed by atoms with van der Waals surface area (Å²) in [6.45, 7) is 0. The van der Waals surface area contributed by atoms with Gasteiger partial charge in [0.05, 0.1) is 5.71 Å². The molecule has 0 aliphatic heterocycles. The largest absolute Gasteiger partial charge is 0.411 e. The molecule has 5 heteroatoms. The SMILES string of the molecule is O/N=C(\c1ccc(F)cc1)[C@@H]1C[C@H]1c1c(F)cccc1Cl. The molecule has 0 radical (unpaired) electrons. The van der Waals surface area contributed by atoms with E-state index in [0.717, 1.165) is 0 Å². The molecule has 1 aliphatic carbocycles. The topological polar surface area (TPSA) is 32.6 Å². The third-order valence-corrected chi connectivity index (χ3v) is 4.09. The first-order valence-corrected chi connectivity index (χ1v) is 6.91. The van der Waals surface area contributed by atoms with E-state index in [-0.39, 0.29) is 23.5 Å². The van der Waals surface area contributed by atoms with E-state index in [1.165, 1.54) is 18.2 Å². The minimum atomic E-state index is -0.361. The standard InChI is InChI=1S/C16H12ClF2NO/c17-13-2-1-3-14(19)15(13)11-8-12(11)16(20-21)9-4-6-10(18)7-5-9/h1-7,11-12,21H,8H2/b20-16+/t11-,12-/m1/s1. The lowest BCUT2D eigenvalue weighted by Crippen LogP contribution is -2.06. The lowest BCUT2D eigenvalue weighted by Gasteiger charge is -2.07. The first kappa shape index (κ1) is 14.0. The second-order valence-electron chi connectivity index (χ2n) is 5.08. The Morgan fingerprint density at radius 2 is 1.86 bits per heavy atom. The summed E-state index contributed by atoms with van der Waals surface area (Å²) in [5.74, 6) is -0.948. The van der Waals surface area contributed by atoms with Crippen LogP contribution >= 0.6 is 11.6 Å². The Morgan fingerprint density at radius 3 is 2.48 bits per heavy atom. The van der Waals surface area contributed by atoms with Crippen molar-refractivity contribution in [2.45, 2.75) is 12.3 Å². The van der Waals surface area contributed by atoms with Crippen LogP contribution in [0.5, 0.6) is 0 Å². The Bertz CT molecular complexity index is 680. The van der Waals surface area contributed by atoms with Crippen molar-refractivity contribution in [2.75, 3.05) is 0 Å². The zero-order valence-corrected chi connectivity index (χ0v) is 11.7. The molecule has 3 rings (SSSR count). The fourth-order valence-electron chi connectivity index (χ4n) is 2.65. The van der Waals surface area contributed by atoms with Gasteiger partial charge in [-0.05, 0) is 42.2 Å². The Kier molecular flexibility index (Phi) is 3.64. The molecule has 0 aromatic heterocycles. The van der Waals surface area contributed by atoms with E-state index < -0.39 is 0 Å². The molecule has 2 nitrogen and oxygen atoms in total. The number of oxime groups is 1. The van der Waals surface area contributed by atoms with E-state index >= 15 is 0 Å². The average molecular weight is 308 g/mol. The van der Waals surface area contributed by atoms with Crippen LogP contribution in [0.25, 0.3) is 0 Å². The van der Waals surface area contributed by atoms with Crippen LogP contribution < -0.4 is 0 Å². The van der Waals surface area contributed by atoms with E-state index in [2.05, 4.69) is 5.16 Å². The van der Waals surface area contributed by atoms with Crippen molar-refractivity contribution in [1.82, 2.24) is 0 Å². The maximum Gasteiger partial charge on any atom is 0.128 e. The van der Waals surface area contributed by atoms with Crippen LogP contribution in [0.1, 0.15) is 23.5 Å². The second-order valence-corrected chi connectivity index (χ2v) is 5.48. The van der Waals surface area contributed by atoms with Gasteiger partial charge in [0.15, 0.2) is 0 Å². The fourth-order valence-corrected chi connectivity index (χ4v) is 2.95. The van der Waals surface area contributed by atoms with Crippen molar-refractivity contribution in [3.63, 3.8) is 0 Å². The van der Waals surface area contributed by atoms with Crippen LogP contribution in [0.15, 0.2) is 47.6 Å². The maximum absolute atomic E-state index is 13.9. The molecule has 0 saturated heterocycles. The van der Waals surface area contributed by atoms with Crippen LogP contribution in [0.4, 0.5) is 8.78 Å². The van der Waals surface area contributed by atoms with E-state index in [4.69, 9.17) is 11.6 Å². The van der Waals surface area contributed by atoms with Crippen molar-refractivity contribution in [3.8, 4) is 0 Å². The second kappa shape index (κ2) is 5.45. The monoisotopic (exact) mass is 307 g/mol. The number of benzene rings is 2. The number of hydrogen-bond donors (Lipinski definition) is 1. The van der Waals surface area contributed by atoms with Gasteiger partial charge in [-0.2, -0.15) is 0 Å². The molecule has 2 aromatic rings. The van der Waals surface area contributed by atoms with E-state index in [9.17, 15) is 14.0 Å². The van der Waals surface area contributed by atoms with Crippen LogP contribution in [-0.2, 0) is 0 Å². The first-order valence-electron chi connectivity index (χ1n) is 6.53. The lowest BCUT2D eigenvalue weighted by atomic mass is 10.0. The smallest absolute Gasteiger partial charge is 0.128 e. The number of hydrogen-bond acceptors (Lipinski definition) is 2. The zero-order valence-electron chi connectivity index (χ0n) is 10.9. The van der Waals surface area contributed by atoms with Gasteiger partial charge in [-0.15, -0.1) is 0 Å². The van der Waals surface area contributed by atoms with E-state index in [1.54, 1.807) is 24.3 Å². The molecule has 0 amide bonds. The van der Waals surface area contributed by atoms with E-state index in [0.29, 0.717) is 28.3 Å². The van der Waals surface area contributed by atoms with Gasteiger partial charge in [0.1, 0.15) is 11.6 Å². The zero-order chi connectivity index (χ0) is 15.0. The van der Waals surface area contributed by atoms with Gasteiger partial charge >= 0.3 is 0 Å². The molecule has 0 unspecified atom stereocenters. The normalized spacial score (nSPS) is 21.4. The summed E-state index contributed by atoms with van der Waals surface area (Å²) in [4.78, 5) is 0. The summed E-state index contributed by atoms with van der Waals surface area (Å²) < 4.78 is 26.8. The third kappa shape index (κ3) is 2.63. The van der Waals surface area contributed by atoms with Gasteiger partial charge in [0.25, 0.3) is 0 Å². The average Bonchev–Trinajstić information content (AvgIpc) is 3.22. The molecule has 1 fully saturated rings. The molecule has 0 bridgehead atoms. The van der Waals surface area contributed by atoms with Crippen molar-refractivity contribution < 1.29 is 14.0 Å². The molecule has 0 spiro atoms. The third-order valence-electron chi connectivity index (χ3n) is 3.76. The molecular formula is C16H12ClF2NO. The lowest BCUT2D eigenvalue weighted by molar-refractivity contribution is 0.317. The Balaban J connectivity index is 1.88. The minimum absolute atomic E-state index is 0.116. The van der Waals surface area contributed by atoms with E-state index in [1.807, 2.05) is 0 Å². The number of halogens is 3. The van der Waals surface area contributed by atoms with Gasteiger partial charge < -0.3 is 5.21 Å². The quantitative estimate of drug-likeness (QED) is 0.502. The Hall–Kier alpha value is -1.94. The van der Waals surface area contributed by atoms with Gasteiger partial charge in [0.2, 0.25) is 0 Å². The highest BCUT2D eigenvalue weighted by atomic mass is 35.5. The van der Waals surface area contributed by atoms with Gasteiger partial charge in [-0.1, -0.05) is 35.0 Å². The van der Waals surface area contributed by atoms with Gasteiger partial charge in [-0.3, -0.25) is 0 Å². The summed E-state index contributed by atoms with van der Waals surface area (Å²) in [5, 5.41) is 12.9. The van der Waals surface area contributed by atoms with Crippen molar-refractivity contribution in [3.05, 3.63) is 70.2 Å². The van der Waals surface area contributed by atoms with Gasteiger partial charge in [0, 0.05) is 16.5 Å². The first-order chi connectivity index (χ1) is 10.1. The predicted molar refractivity (Wildman–Crippen MR) is 77.0 cm³/mol. The maximum atomic E-state index is 13.9. The number of nitrogens with zero attached hydrogens (tertiary/aromatic N) is 1. The molecule has 0 heterocycles. The summed E-state index contributed by atoms with van der Waals surface area (Å²) in [6, 6.07) is 10.3. The molecular weight excluding hydrogens is 296 g/mol. The molecule has 108 valence electrons. The predicted octanol–water partition coefficient (Wildman–Crippen LogP) is 4.60. The summed E-state index contributed by atoms with van der Waals surface area (Å²) >= 11 is 6.05. The summed E-state index contributed by atoms with van der Waals surface area (Å²) in [6.07, 6.45) is 0.650. The molecule has 2 atom stereocenters. The van der Waals surface area contributed by atoms with Crippen molar-refractivity contribution >= 4 is 17.3 Å². The van der Waals surface area contributed by atoms with Crippen LogP contribution in [0, 0.1) is 17.6 Å². The Labute approximate surface area is 125 Å².